The first-order valence-corrected chi connectivity index (χ1v) is 6.86. The minimum atomic E-state index is 0.512. The molecule has 0 spiro atoms. The van der Waals surface area contributed by atoms with E-state index in [9.17, 15) is 5.26 Å². The molecule has 0 aromatic heterocycles. The molecule has 1 N–H and O–H groups in total. The predicted octanol–water partition coefficient (Wildman–Crippen LogP) is 4.10. The molecule has 2 rings (SSSR count). The highest BCUT2D eigenvalue weighted by Crippen LogP contribution is 2.31. The van der Waals surface area contributed by atoms with Crippen LogP contribution in [0.15, 0.2) is 18.2 Å². The van der Waals surface area contributed by atoms with Crippen molar-refractivity contribution in [3.63, 3.8) is 0 Å². The van der Waals surface area contributed by atoms with Crippen LogP contribution >= 0.6 is 0 Å². The number of aryl methyl sites for hydroxylation is 1. The zero-order chi connectivity index (χ0) is 13.1. The van der Waals surface area contributed by atoms with Gasteiger partial charge in [-0.2, -0.15) is 5.26 Å². The first-order valence-electron chi connectivity index (χ1n) is 6.86. The molecule has 0 amide bonds. The maximum Gasteiger partial charge on any atom is 0.102 e. The Hall–Kier alpha value is -1.49. The highest BCUT2D eigenvalue weighted by molar-refractivity contribution is 5.61. The lowest BCUT2D eigenvalue weighted by atomic mass is 9.80. The fraction of sp³-hybridized carbons (Fsp3) is 0.562. The first-order chi connectivity index (χ1) is 8.60. The average Bonchev–Trinajstić information content (AvgIpc) is 2.27. The van der Waals surface area contributed by atoms with Gasteiger partial charge in [-0.1, -0.05) is 26.0 Å². The third-order valence-electron chi connectivity index (χ3n) is 3.92. The van der Waals surface area contributed by atoms with Crippen LogP contribution in [-0.2, 0) is 0 Å². The van der Waals surface area contributed by atoms with Crippen molar-refractivity contribution in [2.75, 3.05) is 5.32 Å². The summed E-state index contributed by atoms with van der Waals surface area (Å²) in [5, 5.41) is 12.8. The SMILES string of the molecule is Cc1cccc(NC2CC(C)CC(C)C2)c1C#N. The Labute approximate surface area is 110 Å². The van der Waals surface area contributed by atoms with Gasteiger partial charge in [0.2, 0.25) is 0 Å². The number of anilines is 1. The predicted molar refractivity (Wildman–Crippen MR) is 75.5 cm³/mol. The van der Waals surface area contributed by atoms with Gasteiger partial charge < -0.3 is 5.32 Å². The lowest BCUT2D eigenvalue weighted by Crippen LogP contribution is -2.30. The highest BCUT2D eigenvalue weighted by atomic mass is 14.9. The Morgan fingerprint density at radius 1 is 1.17 bits per heavy atom. The third-order valence-corrected chi connectivity index (χ3v) is 3.92. The molecule has 2 atom stereocenters. The van der Waals surface area contributed by atoms with Crippen LogP contribution in [0.25, 0.3) is 0 Å². The fourth-order valence-corrected chi connectivity index (χ4v) is 3.22. The van der Waals surface area contributed by atoms with E-state index in [0.29, 0.717) is 6.04 Å². The van der Waals surface area contributed by atoms with Crippen LogP contribution in [0.2, 0.25) is 0 Å². The topological polar surface area (TPSA) is 35.8 Å². The lowest BCUT2D eigenvalue weighted by molar-refractivity contribution is 0.281. The van der Waals surface area contributed by atoms with Crippen molar-refractivity contribution in [1.29, 1.82) is 5.26 Å². The van der Waals surface area contributed by atoms with E-state index in [1.165, 1.54) is 19.3 Å². The molecule has 96 valence electrons. The Morgan fingerprint density at radius 2 is 1.83 bits per heavy atom. The normalized spacial score (nSPS) is 27.6. The van der Waals surface area contributed by atoms with Gasteiger partial charge in [0.15, 0.2) is 0 Å². The molecule has 0 saturated heterocycles. The molecule has 1 aliphatic rings. The zero-order valence-electron chi connectivity index (χ0n) is 11.5. The summed E-state index contributed by atoms with van der Waals surface area (Å²) in [5.74, 6) is 1.56. The summed E-state index contributed by atoms with van der Waals surface area (Å²) >= 11 is 0. The molecule has 18 heavy (non-hydrogen) atoms. The van der Waals surface area contributed by atoms with Crippen LogP contribution in [0.3, 0.4) is 0 Å². The van der Waals surface area contributed by atoms with E-state index in [0.717, 1.165) is 28.7 Å². The highest BCUT2D eigenvalue weighted by Gasteiger charge is 2.24. The number of nitrogens with one attached hydrogen (secondary N) is 1. The zero-order valence-corrected chi connectivity index (χ0v) is 11.5. The summed E-state index contributed by atoms with van der Waals surface area (Å²) in [7, 11) is 0. The van der Waals surface area contributed by atoms with Crippen molar-refractivity contribution < 1.29 is 0 Å². The van der Waals surface area contributed by atoms with Gasteiger partial charge in [0.25, 0.3) is 0 Å². The van der Waals surface area contributed by atoms with Crippen molar-refractivity contribution >= 4 is 5.69 Å². The van der Waals surface area contributed by atoms with Crippen LogP contribution in [0, 0.1) is 30.1 Å². The summed E-state index contributed by atoms with van der Waals surface area (Å²) in [6.07, 6.45) is 3.75. The summed E-state index contributed by atoms with van der Waals surface area (Å²) < 4.78 is 0. The Kier molecular flexibility index (Phi) is 3.91. The van der Waals surface area contributed by atoms with Crippen LogP contribution in [0.4, 0.5) is 5.69 Å². The summed E-state index contributed by atoms with van der Waals surface area (Å²) in [4.78, 5) is 0. The fourth-order valence-electron chi connectivity index (χ4n) is 3.22. The Morgan fingerprint density at radius 3 is 2.44 bits per heavy atom. The van der Waals surface area contributed by atoms with Gasteiger partial charge >= 0.3 is 0 Å². The molecule has 2 heteroatoms. The smallest absolute Gasteiger partial charge is 0.102 e. The van der Waals surface area contributed by atoms with Crippen molar-refractivity contribution in [3.05, 3.63) is 29.3 Å². The molecular weight excluding hydrogens is 220 g/mol. The van der Waals surface area contributed by atoms with Crippen molar-refractivity contribution in [2.45, 2.75) is 46.1 Å². The summed E-state index contributed by atoms with van der Waals surface area (Å²) in [5.41, 5.74) is 2.85. The number of rotatable bonds is 2. The van der Waals surface area contributed by atoms with E-state index in [-0.39, 0.29) is 0 Å². The molecule has 1 aliphatic carbocycles. The summed E-state index contributed by atoms with van der Waals surface area (Å²) in [6.45, 7) is 6.65. The Balaban J connectivity index is 2.14. The second-order valence-electron chi connectivity index (χ2n) is 5.87. The van der Waals surface area contributed by atoms with E-state index in [1.54, 1.807) is 0 Å². The average molecular weight is 242 g/mol. The van der Waals surface area contributed by atoms with E-state index < -0.39 is 0 Å². The molecule has 1 aromatic rings. The largest absolute Gasteiger partial charge is 0.381 e. The molecule has 0 bridgehead atoms. The van der Waals surface area contributed by atoms with Crippen molar-refractivity contribution in [3.8, 4) is 6.07 Å². The number of hydrogen-bond acceptors (Lipinski definition) is 2. The third kappa shape index (κ3) is 2.85. The lowest BCUT2D eigenvalue weighted by Gasteiger charge is -2.32. The van der Waals surface area contributed by atoms with E-state index >= 15 is 0 Å². The van der Waals surface area contributed by atoms with Gasteiger partial charge in [0, 0.05) is 6.04 Å². The maximum absolute atomic E-state index is 9.24. The van der Waals surface area contributed by atoms with Gasteiger partial charge in [-0.25, -0.2) is 0 Å². The van der Waals surface area contributed by atoms with Crippen molar-refractivity contribution in [2.24, 2.45) is 11.8 Å². The molecule has 0 heterocycles. The number of nitriles is 1. The Bertz CT molecular complexity index is 449. The second-order valence-corrected chi connectivity index (χ2v) is 5.87. The van der Waals surface area contributed by atoms with Gasteiger partial charge in [0.05, 0.1) is 11.3 Å². The standard InChI is InChI=1S/C16H22N2/c1-11-7-12(2)9-14(8-11)18-16-6-4-5-13(3)15(16)10-17/h4-6,11-12,14,18H,7-9H2,1-3H3. The second kappa shape index (κ2) is 5.44. The molecular formula is C16H22N2. The van der Waals surface area contributed by atoms with Gasteiger partial charge in [0.1, 0.15) is 6.07 Å². The minimum Gasteiger partial charge on any atom is -0.381 e. The van der Waals surface area contributed by atoms with E-state index in [1.807, 2.05) is 25.1 Å². The minimum absolute atomic E-state index is 0.512. The number of hydrogen-bond donors (Lipinski definition) is 1. The molecule has 1 aromatic carbocycles. The summed E-state index contributed by atoms with van der Waals surface area (Å²) in [6, 6.07) is 8.87. The van der Waals surface area contributed by atoms with Crippen LogP contribution in [0.5, 0.6) is 0 Å². The van der Waals surface area contributed by atoms with Crippen LogP contribution in [0.1, 0.15) is 44.2 Å². The van der Waals surface area contributed by atoms with Gasteiger partial charge in [-0.05, 0) is 49.7 Å². The first kappa shape index (κ1) is 13.0. The van der Waals surface area contributed by atoms with E-state index in [4.69, 9.17) is 0 Å². The monoisotopic (exact) mass is 242 g/mol. The molecule has 2 unspecified atom stereocenters. The van der Waals surface area contributed by atoms with E-state index in [2.05, 4.69) is 25.2 Å². The maximum atomic E-state index is 9.24. The molecule has 1 fully saturated rings. The quantitative estimate of drug-likeness (QED) is 0.847. The molecule has 2 nitrogen and oxygen atoms in total. The number of benzene rings is 1. The van der Waals surface area contributed by atoms with Crippen molar-refractivity contribution in [1.82, 2.24) is 0 Å². The molecule has 0 radical (unpaired) electrons. The molecule has 0 aliphatic heterocycles. The van der Waals surface area contributed by atoms with Crippen LogP contribution in [-0.4, -0.2) is 6.04 Å². The van der Waals surface area contributed by atoms with Gasteiger partial charge in [-0.15, -0.1) is 0 Å². The van der Waals surface area contributed by atoms with Gasteiger partial charge in [-0.3, -0.25) is 0 Å². The molecule has 1 saturated carbocycles. The number of nitrogens with zero attached hydrogens (tertiary/aromatic N) is 1. The van der Waals surface area contributed by atoms with Crippen LogP contribution < -0.4 is 5.32 Å².